The van der Waals surface area contributed by atoms with Gasteiger partial charge >= 0.3 is 6.09 Å². The molecule has 158 valence electrons. The van der Waals surface area contributed by atoms with Crippen LogP contribution in [0.15, 0.2) is 54.9 Å². The molecule has 3 heterocycles. The van der Waals surface area contributed by atoms with Gasteiger partial charge in [0, 0.05) is 37.9 Å². The van der Waals surface area contributed by atoms with Crippen molar-refractivity contribution in [2.45, 2.75) is 13.3 Å². The van der Waals surface area contributed by atoms with Crippen LogP contribution in [0.5, 0.6) is 11.6 Å². The number of aryl methyl sites for hydroxylation is 1. The number of aromatic nitrogens is 4. The summed E-state index contributed by atoms with van der Waals surface area (Å²) in [7, 11) is 4.86. The van der Waals surface area contributed by atoms with Crippen LogP contribution in [0.4, 0.5) is 4.79 Å². The van der Waals surface area contributed by atoms with Gasteiger partial charge in [-0.2, -0.15) is 0 Å². The van der Waals surface area contributed by atoms with Crippen molar-refractivity contribution in [2.24, 2.45) is 0 Å². The van der Waals surface area contributed by atoms with Crippen LogP contribution in [-0.4, -0.2) is 51.7 Å². The highest BCUT2D eigenvalue weighted by Gasteiger charge is 2.16. The van der Waals surface area contributed by atoms with E-state index >= 15 is 0 Å². The van der Waals surface area contributed by atoms with Crippen molar-refractivity contribution in [2.75, 3.05) is 21.2 Å². The summed E-state index contributed by atoms with van der Waals surface area (Å²) >= 11 is 0. The topological polar surface area (TPSA) is 82.4 Å². The Kier molecular flexibility index (Phi) is 5.53. The number of fused-ring (bicyclic) bond motifs is 1. The predicted molar refractivity (Wildman–Crippen MR) is 118 cm³/mol. The van der Waals surface area contributed by atoms with Gasteiger partial charge in [-0.1, -0.05) is 13.0 Å². The number of amides is 1. The summed E-state index contributed by atoms with van der Waals surface area (Å²) < 4.78 is 12.8. The summed E-state index contributed by atoms with van der Waals surface area (Å²) in [6, 6.07) is 13.0. The molecule has 0 N–H and O–H groups in total. The first-order valence-electron chi connectivity index (χ1n) is 9.88. The van der Waals surface area contributed by atoms with Gasteiger partial charge in [-0.15, -0.1) is 0 Å². The van der Waals surface area contributed by atoms with Gasteiger partial charge in [0.2, 0.25) is 5.88 Å². The molecule has 1 amide bonds. The normalized spacial score (nSPS) is 10.8. The average molecular weight is 417 g/mol. The molecule has 1 aromatic carbocycles. The molecule has 4 rings (SSSR count). The lowest BCUT2D eigenvalue weighted by atomic mass is 10.2. The molecule has 0 saturated carbocycles. The number of carbonyl (C=O) groups excluding carboxylic acids is 1. The number of nitrogens with zero attached hydrogens (tertiary/aromatic N) is 5. The Balaban J connectivity index is 1.84. The van der Waals surface area contributed by atoms with E-state index in [1.165, 1.54) is 4.90 Å². The summed E-state index contributed by atoms with van der Waals surface area (Å²) in [5.74, 6) is 1.47. The minimum Gasteiger partial charge on any atom is -0.480 e. The molecular weight excluding hydrogens is 394 g/mol. The molecule has 0 fully saturated rings. The zero-order valence-corrected chi connectivity index (χ0v) is 17.9. The fraction of sp³-hybridized carbons (Fsp3) is 0.217. The molecule has 0 unspecified atom stereocenters. The number of ether oxygens (including phenoxy) is 2. The first kappa shape index (κ1) is 20.3. The van der Waals surface area contributed by atoms with Crippen LogP contribution in [0.2, 0.25) is 0 Å². The van der Waals surface area contributed by atoms with Crippen molar-refractivity contribution in [1.82, 2.24) is 24.4 Å². The standard InChI is InChI=1S/C23H23N5O3/c1-5-19-17-11-13-28(15-8-6-9-16(14-15)31-23(29)27(2)3)21(17)26-20(25-19)18-10-7-12-24-22(18)30-4/h6-14H,5H2,1-4H3. The van der Waals surface area contributed by atoms with Crippen LogP contribution in [0, 0.1) is 0 Å². The average Bonchev–Trinajstić information content (AvgIpc) is 3.22. The van der Waals surface area contributed by atoms with Gasteiger partial charge < -0.3 is 18.9 Å². The summed E-state index contributed by atoms with van der Waals surface area (Å²) in [6.07, 6.45) is 3.93. The molecule has 0 atom stereocenters. The smallest absolute Gasteiger partial charge is 0.414 e. The maximum Gasteiger partial charge on any atom is 0.414 e. The van der Waals surface area contributed by atoms with Gasteiger partial charge in [0.1, 0.15) is 11.4 Å². The number of methoxy groups -OCH3 is 1. The monoisotopic (exact) mass is 417 g/mol. The molecule has 4 aromatic rings. The van der Waals surface area contributed by atoms with E-state index in [4.69, 9.17) is 19.4 Å². The number of pyridine rings is 1. The Morgan fingerprint density at radius 3 is 2.71 bits per heavy atom. The van der Waals surface area contributed by atoms with Crippen LogP contribution >= 0.6 is 0 Å². The van der Waals surface area contributed by atoms with E-state index < -0.39 is 6.09 Å². The van der Waals surface area contributed by atoms with Crippen LogP contribution in [0.25, 0.3) is 28.1 Å². The Hall–Kier alpha value is -3.94. The van der Waals surface area contributed by atoms with Gasteiger partial charge in [-0.3, -0.25) is 0 Å². The molecule has 0 aliphatic carbocycles. The van der Waals surface area contributed by atoms with Gasteiger partial charge in [0.25, 0.3) is 0 Å². The molecule has 3 aromatic heterocycles. The van der Waals surface area contributed by atoms with Gasteiger partial charge in [0.05, 0.1) is 24.1 Å². The number of hydrogen-bond acceptors (Lipinski definition) is 6. The maximum atomic E-state index is 11.9. The van der Waals surface area contributed by atoms with Gasteiger partial charge in [-0.05, 0) is 36.8 Å². The second-order valence-electron chi connectivity index (χ2n) is 7.09. The summed E-state index contributed by atoms with van der Waals surface area (Å²) in [5.41, 5.74) is 3.23. The van der Waals surface area contributed by atoms with Crippen molar-refractivity contribution in [3.05, 3.63) is 60.6 Å². The maximum absolute atomic E-state index is 11.9. The molecule has 0 bridgehead atoms. The largest absolute Gasteiger partial charge is 0.480 e. The third-order valence-corrected chi connectivity index (χ3v) is 4.83. The summed E-state index contributed by atoms with van der Waals surface area (Å²) in [5, 5.41) is 0.963. The quantitative estimate of drug-likeness (QED) is 0.486. The van der Waals surface area contributed by atoms with Gasteiger partial charge in [0.15, 0.2) is 5.82 Å². The fourth-order valence-electron chi connectivity index (χ4n) is 3.29. The van der Waals surface area contributed by atoms with Crippen LogP contribution in [-0.2, 0) is 6.42 Å². The van der Waals surface area contributed by atoms with Crippen molar-refractivity contribution >= 4 is 17.1 Å². The SMILES string of the molecule is CCc1nc(-c2cccnc2OC)nc2c1ccn2-c1cccc(OC(=O)N(C)C)c1. The molecule has 31 heavy (non-hydrogen) atoms. The molecule has 0 spiro atoms. The second kappa shape index (κ2) is 8.43. The molecule has 0 saturated heterocycles. The van der Waals surface area contributed by atoms with E-state index in [1.54, 1.807) is 39.5 Å². The van der Waals surface area contributed by atoms with E-state index in [0.29, 0.717) is 17.5 Å². The van der Waals surface area contributed by atoms with E-state index in [-0.39, 0.29) is 0 Å². The fourth-order valence-corrected chi connectivity index (χ4v) is 3.29. The number of carbonyl (C=O) groups is 1. The number of rotatable bonds is 5. The minimum absolute atomic E-state index is 0.434. The zero-order valence-electron chi connectivity index (χ0n) is 17.9. The molecule has 8 heteroatoms. The van der Waals surface area contributed by atoms with E-state index in [9.17, 15) is 4.79 Å². The summed E-state index contributed by atoms with van der Waals surface area (Å²) in [4.78, 5) is 27.2. The first-order valence-corrected chi connectivity index (χ1v) is 9.88. The highest BCUT2D eigenvalue weighted by atomic mass is 16.6. The molecule has 0 aliphatic rings. The minimum atomic E-state index is -0.434. The highest BCUT2D eigenvalue weighted by Crippen LogP contribution is 2.29. The number of hydrogen-bond donors (Lipinski definition) is 0. The van der Waals surface area contributed by atoms with E-state index in [0.717, 1.165) is 34.4 Å². The van der Waals surface area contributed by atoms with Crippen LogP contribution in [0.1, 0.15) is 12.6 Å². The molecular formula is C23H23N5O3. The lowest BCUT2D eigenvalue weighted by molar-refractivity contribution is 0.172. The van der Waals surface area contributed by atoms with Crippen LogP contribution in [0.3, 0.4) is 0 Å². The second-order valence-corrected chi connectivity index (χ2v) is 7.09. The van der Waals surface area contributed by atoms with Crippen LogP contribution < -0.4 is 9.47 Å². The van der Waals surface area contributed by atoms with Crippen molar-refractivity contribution < 1.29 is 14.3 Å². The van der Waals surface area contributed by atoms with Crippen molar-refractivity contribution in [3.63, 3.8) is 0 Å². The molecule has 0 radical (unpaired) electrons. The Morgan fingerprint density at radius 1 is 1.13 bits per heavy atom. The number of benzene rings is 1. The zero-order chi connectivity index (χ0) is 22.0. The molecule has 0 aliphatic heterocycles. The Morgan fingerprint density at radius 2 is 1.97 bits per heavy atom. The van der Waals surface area contributed by atoms with E-state index in [1.807, 2.05) is 41.1 Å². The Labute approximate surface area is 180 Å². The lowest BCUT2D eigenvalue weighted by Gasteiger charge is -2.13. The van der Waals surface area contributed by atoms with E-state index in [2.05, 4.69) is 11.9 Å². The summed E-state index contributed by atoms with van der Waals surface area (Å²) in [6.45, 7) is 2.06. The van der Waals surface area contributed by atoms with Gasteiger partial charge in [-0.25, -0.2) is 19.7 Å². The lowest BCUT2D eigenvalue weighted by Crippen LogP contribution is -2.25. The first-order chi connectivity index (χ1) is 15.0. The highest BCUT2D eigenvalue weighted by molar-refractivity contribution is 5.83. The van der Waals surface area contributed by atoms with Crippen molar-refractivity contribution in [1.29, 1.82) is 0 Å². The molecule has 8 nitrogen and oxygen atoms in total. The van der Waals surface area contributed by atoms with Crippen molar-refractivity contribution in [3.8, 4) is 28.7 Å². The third kappa shape index (κ3) is 3.92. The Bertz CT molecular complexity index is 1250. The predicted octanol–water partition coefficient (Wildman–Crippen LogP) is 4.11. The third-order valence-electron chi connectivity index (χ3n) is 4.83.